The predicted octanol–water partition coefficient (Wildman–Crippen LogP) is 3.06. The largest absolute Gasteiger partial charge is 0.240 e. The van der Waals surface area contributed by atoms with E-state index in [1.165, 1.54) is 18.2 Å². The van der Waals surface area contributed by atoms with Crippen LogP contribution < -0.4 is 0 Å². The summed E-state index contributed by atoms with van der Waals surface area (Å²) in [5.74, 6) is -0.582. The molecule has 1 heterocycles. The SMILES string of the molecule is O=C=Nc1c(F)ccc2nc(Cl)sc12. The van der Waals surface area contributed by atoms with Crippen LogP contribution in [0.15, 0.2) is 17.1 Å². The molecule has 0 atom stereocenters. The number of aromatic nitrogens is 1. The first-order valence-corrected chi connectivity index (χ1v) is 4.74. The number of halogens is 2. The number of fused-ring (bicyclic) bond motifs is 1. The van der Waals surface area contributed by atoms with E-state index in [1.54, 1.807) is 0 Å². The molecule has 0 spiro atoms. The van der Waals surface area contributed by atoms with Crippen LogP contribution in [0.3, 0.4) is 0 Å². The van der Waals surface area contributed by atoms with Crippen LogP contribution in [0.25, 0.3) is 10.2 Å². The Labute approximate surface area is 86.9 Å². The molecule has 0 N–H and O–H groups in total. The van der Waals surface area contributed by atoms with Crippen molar-refractivity contribution in [1.82, 2.24) is 4.98 Å². The molecule has 1 aromatic carbocycles. The molecule has 0 aliphatic carbocycles. The monoisotopic (exact) mass is 228 g/mol. The first-order valence-electron chi connectivity index (χ1n) is 3.55. The molecule has 0 radical (unpaired) electrons. The smallest absolute Gasteiger partial charge is 0.225 e. The number of benzene rings is 1. The summed E-state index contributed by atoms with van der Waals surface area (Å²) in [6, 6.07) is 2.67. The van der Waals surface area contributed by atoms with Gasteiger partial charge in [0.15, 0.2) is 10.3 Å². The molecule has 2 aromatic rings. The van der Waals surface area contributed by atoms with Crippen molar-refractivity contribution in [3.8, 4) is 0 Å². The first kappa shape index (κ1) is 9.27. The Kier molecular flexibility index (Phi) is 2.29. The standard InChI is InChI=1S/C8H2ClFN2OS/c9-8-12-5-2-1-4(10)6(11-3-13)7(5)14-8/h1-2H. The molecule has 1 aromatic heterocycles. The van der Waals surface area contributed by atoms with Crippen molar-refractivity contribution in [3.05, 3.63) is 22.4 Å². The highest BCUT2D eigenvalue weighted by Gasteiger charge is 2.10. The molecule has 0 unspecified atom stereocenters. The molecule has 0 aliphatic rings. The summed E-state index contributed by atoms with van der Waals surface area (Å²) in [5, 5.41) is 0. The summed E-state index contributed by atoms with van der Waals surface area (Å²) in [5.41, 5.74) is 0.470. The minimum atomic E-state index is -0.582. The molecule has 0 aliphatic heterocycles. The van der Waals surface area contributed by atoms with E-state index in [1.807, 2.05) is 0 Å². The Morgan fingerprint density at radius 1 is 1.57 bits per heavy atom. The lowest BCUT2D eigenvalue weighted by molar-refractivity contribution is 0.564. The fraction of sp³-hybridized carbons (Fsp3) is 0. The van der Waals surface area contributed by atoms with Gasteiger partial charge in [0.05, 0.1) is 10.2 Å². The zero-order chi connectivity index (χ0) is 10.1. The summed E-state index contributed by atoms with van der Waals surface area (Å²) in [6.07, 6.45) is 1.30. The Bertz CT molecular complexity index is 548. The maximum Gasteiger partial charge on any atom is 0.240 e. The third kappa shape index (κ3) is 1.42. The molecule has 0 fully saturated rings. The second kappa shape index (κ2) is 3.46. The van der Waals surface area contributed by atoms with E-state index in [0.717, 1.165) is 11.3 Å². The number of isocyanates is 1. The van der Waals surface area contributed by atoms with Crippen LogP contribution in [-0.4, -0.2) is 11.1 Å². The van der Waals surface area contributed by atoms with Gasteiger partial charge in [0.2, 0.25) is 6.08 Å². The molecule has 0 saturated carbocycles. The van der Waals surface area contributed by atoms with Gasteiger partial charge >= 0.3 is 0 Å². The van der Waals surface area contributed by atoms with Crippen molar-refractivity contribution in [2.24, 2.45) is 4.99 Å². The van der Waals surface area contributed by atoms with Crippen LogP contribution in [0.4, 0.5) is 10.1 Å². The summed E-state index contributed by atoms with van der Waals surface area (Å²) in [4.78, 5) is 17.3. The van der Waals surface area contributed by atoms with E-state index in [2.05, 4.69) is 9.98 Å². The second-order valence-electron chi connectivity index (χ2n) is 2.41. The lowest BCUT2D eigenvalue weighted by Crippen LogP contribution is -1.76. The van der Waals surface area contributed by atoms with Crippen LogP contribution in [0.2, 0.25) is 4.47 Å². The minimum Gasteiger partial charge on any atom is -0.225 e. The molecule has 3 nitrogen and oxygen atoms in total. The van der Waals surface area contributed by atoms with Gasteiger partial charge in [0, 0.05) is 0 Å². The van der Waals surface area contributed by atoms with Gasteiger partial charge < -0.3 is 0 Å². The van der Waals surface area contributed by atoms with Gasteiger partial charge in [0.1, 0.15) is 5.69 Å². The Hall–Kier alpha value is -1.29. The van der Waals surface area contributed by atoms with E-state index in [4.69, 9.17) is 11.6 Å². The van der Waals surface area contributed by atoms with Gasteiger partial charge in [-0.1, -0.05) is 11.6 Å². The van der Waals surface area contributed by atoms with Crippen molar-refractivity contribution in [2.75, 3.05) is 0 Å². The molecule has 0 amide bonds. The number of hydrogen-bond donors (Lipinski definition) is 0. The zero-order valence-electron chi connectivity index (χ0n) is 6.62. The molecule has 6 heteroatoms. The van der Waals surface area contributed by atoms with Gasteiger partial charge in [0.25, 0.3) is 0 Å². The average molecular weight is 229 g/mol. The quantitative estimate of drug-likeness (QED) is 0.556. The van der Waals surface area contributed by atoms with E-state index < -0.39 is 5.82 Å². The van der Waals surface area contributed by atoms with Crippen LogP contribution in [0, 0.1) is 5.82 Å². The Balaban J connectivity index is 2.88. The van der Waals surface area contributed by atoms with Gasteiger partial charge in [-0.15, -0.1) is 11.3 Å². The number of hydrogen-bond acceptors (Lipinski definition) is 4. The van der Waals surface area contributed by atoms with Crippen LogP contribution in [0.5, 0.6) is 0 Å². The highest BCUT2D eigenvalue weighted by molar-refractivity contribution is 7.22. The highest BCUT2D eigenvalue weighted by atomic mass is 35.5. The molecular weight excluding hydrogens is 227 g/mol. The molecule has 0 bridgehead atoms. The Morgan fingerprint density at radius 3 is 3.07 bits per heavy atom. The average Bonchev–Trinajstić information content (AvgIpc) is 2.51. The van der Waals surface area contributed by atoms with Gasteiger partial charge in [-0.25, -0.2) is 14.2 Å². The number of nitrogens with zero attached hydrogens (tertiary/aromatic N) is 2. The maximum absolute atomic E-state index is 13.2. The van der Waals surface area contributed by atoms with Crippen molar-refractivity contribution in [3.63, 3.8) is 0 Å². The number of carbonyl (C=O) groups excluding carboxylic acids is 1. The summed E-state index contributed by atoms with van der Waals surface area (Å²) >= 11 is 6.73. The van der Waals surface area contributed by atoms with E-state index in [-0.39, 0.29) is 10.2 Å². The number of thiazole rings is 1. The van der Waals surface area contributed by atoms with Gasteiger partial charge in [-0.2, -0.15) is 4.99 Å². The van der Waals surface area contributed by atoms with Crippen molar-refractivity contribution >= 4 is 44.9 Å². The van der Waals surface area contributed by atoms with Crippen molar-refractivity contribution in [2.45, 2.75) is 0 Å². The van der Waals surface area contributed by atoms with Crippen LogP contribution >= 0.6 is 22.9 Å². The molecule has 70 valence electrons. The highest BCUT2D eigenvalue weighted by Crippen LogP contribution is 2.35. The van der Waals surface area contributed by atoms with Gasteiger partial charge in [-0.05, 0) is 12.1 Å². The topological polar surface area (TPSA) is 42.3 Å². The molecule has 2 rings (SSSR count). The summed E-state index contributed by atoms with van der Waals surface area (Å²) in [6.45, 7) is 0. The third-order valence-electron chi connectivity index (χ3n) is 1.61. The van der Waals surface area contributed by atoms with Crippen molar-refractivity contribution < 1.29 is 9.18 Å². The van der Waals surface area contributed by atoms with E-state index in [9.17, 15) is 9.18 Å². The number of rotatable bonds is 1. The summed E-state index contributed by atoms with van der Waals surface area (Å²) in [7, 11) is 0. The second-order valence-corrected chi connectivity index (χ2v) is 4.00. The molecule has 0 saturated heterocycles. The normalized spacial score (nSPS) is 10.1. The lowest BCUT2D eigenvalue weighted by Gasteiger charge is -1.93. The van der Waals surface area contributed by atoms with E-state index in [0.29, 0.717) is 10.2 Å². The van der Waals surface area contributed by atoms with Crippen molar-refractivity contribution in [1.29, 1.82) is 0 Å². The molecule has 14 heavy (non-hydrogen) atoms. The summed E-state index contributed by atoms with van der Waals surface area (Å²) < 4.78 is 13.9. The minimum absolute atomic E-state index is 0.0538. The number of aliphatic imine (C=N–C) groups is 1. The molecular formula is C8H2ClFN2OS. The predicted molar refractivity (Wildman–Crippen MR) is 52.4 cm³/mol. The van der Waals surface area contributed by atoms with Crippen LogP contribution in [-0.2, 0) is 4.79 Å². The fourth-order valence-corrected chi connectivity index (χ4v) is 2.17. The lowest BCUT2D eigenvalue weighted by atomic mass is 10.3. The van der Waals surface area contributed by atoms with Gasteiger partial charge in [-0.3, -0.25) is 0 Å². The van der Waals surface area contributed by atoms with E-state index >= 15 is 0 Å². The first-order chi connectivity index (χ1) is 6.72. The Morgan fingerprint density at radius 2 is 2.36 bits per heavy atom. The third-order valence-corrected chi connectivity index (χ3v) is 2.80. The maximum atomic E-state index is 13.2. The zero-order valence-corrected chi connectivity index (χ0v) is 8.19. The fourth-order valence-electron chi connectivity index (χ4n) is 1.08. The van der Waals surface area contributed by atoms with Crippen LogP contribution in [0.1, 0.15) is 0 Å².